The van der Waals surface area contributed by atoms with E-state index in [2.05, 4.69) is 4.74 Å². The normalized spacial score (nSPS) is 16.9. The third-order valence-electron chi connectivity index (χ3n) is 3.75. The number of piperidine rings is 1. The monoisotopic (exact) mass is 348 g/mol. The van der Waals surface area contributed by atoms with Crippen molar-refractivity contribution in [1.29, 1.82) is 0 Å². The SMILES string of the molecule is COC(=O)c1cc(S(=O)(=O)N2CCC(N)CC2)ccc1C.Cl. The van der Waals surface area contributed by atoms with Gasteiger partial charge in [0.25, 0.3) is 0 Å². The van der Waals surface area contributed by atoms with Gasteiger partial charge in [-0.2, -0.15) is 4.31 Å². The van der Waals surface area contributed by atoms with Gasteiger partial charge in [0.15, 0.2) is 0 Å². The molecule has 0 radical (unpaired) electrons. The molecule has 1 aromatic carbocycles. The van der Waals surface area contributed by atoms with Crippen molar-refractivity contribution in [1.82, 2.24) is 4.31 Å². The van der Waals surface area contributed by atoms with Crippen LogP contribution in [0.1, 0.15) is 28.8 Å². The summed E-state index contributed by atoms with van der Waals surface area (Å²) in [4.78, 5) is 11.8. The molecule has 0 aliphatic carbocycles. The summed E-state index contributed by atoms with van der Waals surface area (Å²) in [6.07, 6.45) is 1.30. The van der Waals surface area contributed by atoms with Crippen LogP contribution in [0.15, 0.2) is 23.1 Å². The van der Waals surface area contributed by atoms with E-state index in [1.165, 1.54) is 23.5 Å². The first-order valence-electron chi connectivity index (χ1n) is 6.81. The quantitative estimate of drug-likeness (QED) is 0.832. The van der Waals surface area contributed by atoms with E-state index in [0.29, 0.717) is 31.5 Å². The van der Waals surface area contributed by atoms with Gasteiger partial charge in [-0.1, -0.05) is 6.07 Å². The molecule has 2 N–H and O–H groups in total. The summed E-state index contributed by atoms with van der Waals surface area (Å²) >= 11 is 0. The second-order valence-electron chi connectivity index (χ2n) is 5.21. The van der Waals surface area contributed by atoms with Crippen molar-refractivity contribution in [3.8, 4) is 0 Å². The van der Waals surface area contributed by atoms with E-state index in [1.54, 1.807) is 13.0 Å². The average Bonchev–Trinajstić information content (AvgIpc) is 2.47. The van der Waals surface area contributed by atoms with Gasteiger partial charge in [-0.3, -0.25) is 0 Å². The van der Waals surface area contributed by atoms with Crippen LogP contribution in [0.2, 0.25) is 0 Å². The highest BCUT2D eigenvalue weighted by Crippen LogP contribution is 2.23. The Kier molecular flexibility index (Phi) is 6.37. The number of nitrogens with zero attached hydrogens (tertiary/aromatic N) is 1. The maximum atomic E-state index is 12.6. The number of halogens is 1. The zero-order chi connectivity index (χ0) is 15.6. The minimum atomic E-state index is -3.60. The fraction of sp³-hybridized carbons (Fsp3) is 0.500. The number of methoxy groups -OCH3 is 1. The highest BCUT2D eigenvalue weighted by atomic mass is 35.5. The van der Waals surface area contributed by atoms with Gasteiger partial charge in [0, 0.05) is 19.1 Å². The minimum absolute atomic E-state index is 0. The molecule has 22 heavy (non-hydrogen) atoms. The summed E-state index contributed by atoms with van der Waals surface area (Å²) in [5, 5.41) is 0. The molecule has 1 fully saturated rings. The lowest BCUT2D eigenvalue weighted by Gasteiger charge is -2.29. The maximum Gasteiger partial charge on any atom is 0.338 e. The molecule has 124 valence electrons. The Morgan fingerprint density at radius 2 is 1.91 bits per heavy atom. The van der Waals surface area contributed by atoms with Gasteiger partial charge < -0.3 is 10.5 Å². The smallest absolute Gasteiger partial charge is 0.338 e. The highest BCUT2D eigenvalue weighted by Gasteiger charge is 2.29. The van der Waals surface area contributed by atoms with E-state index in [-0.39, 0.29) is 28.9 Å². The van der Waals surface area contributed by atoms with Crippen LogP contribution in [0.4, 0.5) is 0 Å². The second-order valence-corrected chi connectivity index (χ2v) is 7.15. The zero-order valence-electron chi connectivity index (χ0n) is 12.6. The van der Waals surface area contributed by atoms with Gasteiger partial charge in [-0.15, -0.1) is 12.4 Å². The summed E-state index contributed by atoms with van der Waals surface area (Å²) in [5.74, 6) is -0.537. The van der Waals surface area contributed by atoms with Gasteiger partial charge in [-0.05, 0) is 37.5 Å². The Morgan fingerprint density at radius 1 is 1.32 bits per heavy atom. The number of ether oxygens (including phenoxy) is 1. The molecule has 0 spiro atoms. The molecule has 0 saturated carbocycles. The Balaban J connectivity index is 0.00000242. The number of rotatable bonds is 3. The minimum Gasteiger partial charge on any atom is -0.465 e. The third-order valence-corrected chi connectivity index (χ3v) is 5.65. The molecule has 6 nitrogen and oxygen atoms in total. The third kappa shape index (κ3) is 3.78. The molecule has 0 aromatic heterocycles. The molecule has 1 saturated heterocycles. The standard InChI is InChI=1S/C14H20N2O4S.ClH/c1-10-3-4-12(9-13(10)14(17)20-2)21(18,19)16-7-5-11(15)6-8-16;/h3-4,9,11H,5-8,15H2,1-2H3;1H. The van der Waals surface area contributed by atoms with Gasteiger partial charge in [0.1, 0.15) is 0 Å². The molecular formula is C14H21ClN2O4S. The van der Waals surface area contributed by atoms with Crippen LogP contribution in [0.5, 0.6) is 0 Å². The molecule has 0 amide bonds. The van der Waals surface area contributed by atoms with Crippen LogP contribution in [0, 0.1) is 6.92 Å². The molecule has 1 aliphatic heterocycles. The number of nitrogens with two attached hydrogens (primary N) is 1. The number of sulfonamides is 1. The van der Waals surface area contributed by atoms with E-state index in [4.69, 9.17) is 5.73 Å². The summed E-state index contributed by atoms with van der Waals surface area (Å²) in [6.45, 7) is 2.55. The second kappa shape index (κ2) is 7.41. The summed E-state index contributed by atoms with van der Waals surface area (Å²) in [7, 11) is -2.32. The number of aryl methyl sites for hydroxylation is 1. The van der Waals surface area contributed by atoms with Crippen molar-refractivity contribution < 1.29 is 17.9 Å². The number of hydrogen-bond acceptors (Lipinski definition) is 5. The molecule has 0 atom stereocenters. The number of esters is 1. The molecule has 1 heterocycles. The summed E-state index contributed by atoms with van der Waals surface area (Å²) in [5.41, 5.74) is 6.75. The fourth-order valence-corrected chi connectivity index (χ4v) is 3.85. The topological polar surface area (TPSA) is 89.7 Å². The molecule has 8 heteroatoms. The van der Waals surface area contributed by atoms with E-state index in [1.807, 2.05) is 0 Å². The number of carbonyl (C=O) groups is 1. The van der Waals surface area contributed by atoms with Crippen LogP contribution in [-0.4, -0.2) is 44.9 Å². The maximum absolute atomic E-state index is 12.6. The first-order valence-corrected chi connectivity index (χ1v) is 8.25. The van der Waals surface area contributed by atoms with Crippen LogP contribution in [0.25, 0.3) is 0 Å². The number of benzene rings is 1. The fourth-order valence-electron chi connectivity index (χ4n) is 2.36. The predicted octanol–water partition coefficient (Wildman–Crippen LogP) is 1.32. The first-order chi connectivity index (χ1) is 9.86. The van der Waals surface area contributed by atoms with Crippen LogP contribution >= 0.6 is 12.4 Å². The van der Waals surface area contributed by atoms with Crippen molar-refractivity contribution in [3.63, 3.8) is 0 Å². The average molecular weight is 349 g/mol. The van der Waals surface area contributed by atoms with Crippen molar-refractivity contribution in [2.45, 2.75) is 30.7 Å². The van der Waals surface area contributed by atoms with E-state index in [0.717, 1.165) is 0 Å². The molecule has 1 aromatic rings. The van der Waals surface area contributed by atoms with E-state index in [9.17, 15) is 13.2 Å². The largest absolute Gasteiger partial charge is 0.465 e. The Hall–Kier alpha value is -1.15. The molecule has 2 rings (SSSR count). The van der Waals surface area contributed by atoms with Crippen molar-refractivity contribution in [3.05, 3.63) is 29.3 Å². The van der Waals surface area contributed by atoms with Gasteiger partial charge in [0.05, 0.1) is 17.6 Å². The Bertz CT molecular complexity index is 640. The highest BCUT2D eigenvalue weighted by molar-refractivity contribution is 7.89. The van der Waals surface area contributed by atoms with Crippen LogP contribution < -0.4 is 5.73 Å². The Morgan fingerprint density at radius 3 is 2.45 bits per heavy atom. The van der Waals surface area contributed by atoms with Crippen LogP contribution in [-0.2, 0) is 14.8 Å². The van der Waals surface area contributed by atoms with E-state index < -0.39 is 16.0 Å². The number of hydrogen-bond donors (Lipinski definition) is 1. The lowest BCUT2D eigenvalue weighted by molar-refractivity contribution is 0.0599. The lowest BCUT2D eigenvalue weighted by atomic mass is 10.1. The van der Waals surface area contributed by atoms with Crippen LogP contribution in [0.3, 0.4) is 0 Å². The first kappa shape index (κ1) is 18.9. The lowest BCUT2D eigenvalue weighted by Crippen LogP contribution is -2.42. The van der Waals surface area contributed by atoms with Gasteiger partial charge in [-0.25, -0.2) is 13.2 Å². The zero-order valence-corrected chi connectivity index (χ0v) is 14.2. The van der Waals surface area contributed by atoms with Gasteiger partial charge in [0.2, 0.25) is 10.0 Å². The van der Waals surface area contributed by atoms with Gasteiger partial charge >= 0.3 is 5.97 Å². The van der Waals surface area contributed by atoms with E-state index >= 15 is 0 Å². The number of carbonyl (C=O) groups excluding carboxylic acids is 1. The van der Waals surface area contributed by atoms with Crippen molar-refractivity contribution in [2.24, 2.45) is 5.73 Å². The Labute approximate surface area is 137 Å². The predicted molar refractivity (Wildman–Crippen MR) is 85.7 cm³/mol. The molecule has 1 aliphatic rings. The molecular weight excluding hydrogens is 328 g/mol. The summed E-state index contributed by atoms with van der Waals surface area (Å²) < 4.78 is 31.3. The van der Waals surface area contributed by atoms with Crippen molar-refractivity contribution >= 4 is 28.4 Å². The summed E-state index contributed by atoms with van der Waals surface area (Å²) in [6, 6.07) is 4.57. The molecule has 0 unspecified atom stereocenters. The van der Waals surface area contributed by atoms with Crippen molar-refractivity contribution in [2.75, 3.05) is 20.2 Å². The molecule has 0 bridgehead atoms.